The number of primary amides is 1. The van der Waals surface area contributed by atoms with Gasteiger partial charge in [-0.1, -0.05) is 11.8 Å². The summed E-state index contributed by atoms with van der Waals surface area (Å²) >= 11 is 1.23. The minimum absolute atomic E-state index is 0.0397. The number of aromatic nitrogens is 5. The molecular formula is C24H26N8O8S. The van der Waals surface area contributed by atoms with Gasteiger partial charge >= 0.3 is 6.09 Å². The van der Waals surface area contributed by atoms with Gasteiger partial charge in [-0.25, -0.2) is 19.7 Å². The standard InChI is InChI=1S/C24H26N8O8S/c1-7-12(26)18(35)11-8(4-39-24(27)38)14-20(9(25)2-32(14)15(11)16(7)33)41-22-13-21(28-5-29-22)31(6-30-13)3-10-17(34)19(36)23(37)40-10/h5-6,9-10,17,19-20,23,34,36-37H,2-4,25-26H2,1H3,(H2,27,38)/t9?,10-,17-,19-,20?,23+/m1/s1. The molecule has 1 amide bonds. The Kier molecular flexibility index (Phi) is 6.59. The lowest BCUT2D eigenvalue weighted by Gasteiger charge is -2.19. The smallest absolute Gasteiger partial charge is 0.404 e. The van der Waals surface area contributed by atoms with E-state index in [1.165, 1.54) is 31.3 Å². The Morgan fingerprint density at radius 1 is 1.20 bits per heavy atom. The molecule has 5 heterocycles. The highest BCUT2D eigenvalue weighted by Crippen LogP contribution is 2.48. The molecule has 0 spiro atoms. The van der Waals surface area contributed by atoms with Crippen LogP contribution in [0.1, 0.15) is 44.3 Å². The number of imidazole rings is 1. The summed E-state index contributed by atoms with van der Waals surface area (Å²) in [6, 6.07) is -0.531. The third kappa shape index (κ3) is 4.20. The number of fused-ring (bicyclic) bond motifs is 4. The number of carbonyl (C=O) groups excluding carboxylic acids is 3. The normalized spacial score (nSPS) is 27.5. The van der Waals surface area contributed by atoms with Crippen LogP contribution in [-0.4, -0.2) is 87.7 Å². The van der Waals surface area contributed by atoms with Crippen LogP contribution in [0.4, 0.5) is 4.79 Å². The highest BCUT2D eigenvalue weighted by atomic mass is 32.2. The van der Waals surface area contributed by atoms with E-state index in [4.69, 9.17) is 26.7 Å². The van der Waals surface area contributed by atoms with E-state index in [1.54, 1.807) is 9.13 Å². The zero-order valence-electron chi connectivity index (χ0n) is 21.5. The lowest BCUT2D eigenvalue weighted by Crippen LogP contribution is -2.34. The van der Waals surface area contributed by atoms with Crippen LogP contribution in [0.25, 0.3) is 11.2 Å². The zero-order chi connectivity index (χ0) is 29.3. The highest BCUT2D eigenvalue weighted by Gasteiger charge is 2.45. The molecule has 2 aliphatic heterocycles. The zero-order valence-corrected chi connectivity index (χ0v) is 22.3. The van der Waals surface area contributed by atoms with Crippen molar-refractivity contribution in [2.45, 2.75) is 67.5 Å². The van der Waals surface area contributed by atoms with Crippen molar-refractivity contribution in [3.05, 3.63) is 46.4 Å². The number of ketones is 2. The van der Waals surface area contributed by atoms with Gasteiger partial charge < -0.3 is 51.1 Å². The summed E-state index contributed by atoms with van der Waals surface area (Å²) in [5.41, 5.74) is 19.4. The number of hydrogen-bond donors (Lipinski definition) is 6. The number of aliphatic hydroxyl groups excluding tert-OH is 3. The Bertz CT molecular complexity index is 1650. The Balaban J connectivity index is 1.38. The summed E-state index contributed by atoms with van der Waals surface area (Å²) in [4.78, 5) is 51.1. The first-order valence-electron chi connectivity index (χ1n) is 12.5. The van der Waals surface area contributed by atoms with Crippen molar-refractivity contribution in [3.63, 3.8) is 0 Å². The van der Waals surface area contributed by atoms with Crippen molar-refractivity contribution in [3.8, 4) is 0 Å². The monoisotopic (exact) mass is 586 g/mol. The number of ether oxygens (including phenoxy) is 2. The van der Waals surface area contributed by atoms with Crippen LogP contribution in [0.15, 0.2) is 29.0 Å². The lowest BCUT2D eigenvalue weighted by atomic mass is 9.90. The number of aliphatic hydroxyl groups is 3. The number of carbonyl (C=O) groups is 3. The number of amides is 1. The van der Waals surface area contributed by atoms with Gasteiger partial charge in [-0.15, -0.1) is 0 Å². The average molecular weight is 587 g/mol. The van der Waals surface area contributed by atoms with Crippen molar-refractivity contribution in [1.82, 2.24) is 24.1 Å². The van der Waals surface area contributed by atoms with E-state index in [-0.39, 0.29) is 42.2 Å². The van der Waals surface area contributed by atoms with Gasteiger partial charge in [0, 0.05) is 29.4 Å². The predicted octanol–water partition coefficient (Wildman–Crippen LogP) is -1.55. The van der Waals surface area contributed by atoms with Crippen molar-refractivity contribution in [2.24, 2.45) is 17.2 Å². The fourth-order valence-electron chi connectivity index (χ4n) is 5.50. The van der Waals surface area contributed by atoms with Crippen LogP contribution in [0.2, 0.25) is 0 Å². The second-order valence-electron chi connectivity index (χ2n) is 10.00. The molecule has 6 atom stereocenters. The summed E-state index contributed by atoms with van der Waals surface area (Å²) < 4.78 is 13.6. The molecule has 3 aromatic heterocycles. The van der Waals surface area contributed by atoms with Crippen molar-refractivity contribution < 1.29 is 39.2 Å². The lowest BCUT2D eigenvalue weighted by molar-refractivity contribution is -0.128. The van der Waals surface area contributed by atoms with Crippen molar-refractivity contribution in [1.29, 1.82) is 0 Å². The van der Waals surface area contributed by atoms with Gasteiger partial charge in [0.1, 0.15) is 47.5 Å². The van der Waals surface area contributed by atoms with E-state index in [9.17, 15) is 29.7 Å². The molecule has 6 rings (SSSR count). The summed E-state index contributed by atoms with van der Waals surface area (Å²) in [5.74, 6) is -0.967. The molecular weight excluding hydrogens is 560 g/mol. The summed E-state index contributed by atoms with van der Waals surface area (Å²) in [6.07, 6.45) is -3.45. The van der Waals surface area contributed by atoms with Crippen molar-refractivity contribution >= 4 is 40.6 Å². The topological polar surface area (TPSA) is 257 Å². The van der Waals surface area contributed by atoms with Gasteiger partial charge in [0.2, 0.25) is 11.6 Å². The Morgan fingerprint density at radius 3 is 2.63 bits per heavy atom. The van der Waals surface area contributed by atoms with E-state index in [1.807, 2.05) is 0 Å². The van der Waals surface area contributed by atoms with E-state index in [2.05, 4.69) is 15.0 Å². The van der Waals surface area contributed by atoms with Gasteiger partial charge in [0.25, 0.3) is 0 Å². The third-order valence-corrected chi connectivity index (χ3v) is 8.92. The predicted molar refractivity (Wildman–Crippen MR) is 139 cm³/mol. The van der Waals surface area contributed by atoms with E-state index in [0.29, 0.717) is 27.4 Å². The molecule has 17 heteroatoms. The molecule has 3 aromatic rings. The Morgan fingerprint density at radius 2 is 1.95 bits per heavy atom. The SMILES string of the molecule is CC1=C(N)C(=O)c2c(COC(N)=O)c3n(c2C1=O)CC(N)C3Sc1ncnc2c1ncn2C[C@H]1O[C@H](O)[C@H](O)[C@@H]1O. The number of nitrogens with two attached hydrogens (primary N) is 3. The molecule has 216 valence electrons. The van der Waals surface area contributed by atoms with E-state index < -0.39 is 53.6 Å². The van der Waals surface area contributed by atoms with Gasteiger partial charge in [-0.05, 0) is 6.92 Å². The second-order valence-corrected chi connectivity index (χ2v) is 11.1. The van der Waals surface area contributed by atoms with Gasteiger partial charge in [-0.3, -0.25) is 9.59 Å². The van der Waals surface area contributed by atoms with Gasteiger partial charge in [-0.2, -0.15) is 0 Å². The van der Waals surface area contributed by atoms with Gasteiger partial charge in [0.05, 0.1) is 29.4 Å². The number of allylic oxidation sites excluding steroid dienone is 2. The Labute approximate surface area is 235 Å². The first-order chi connectivity index (χ1) is 19.5. The summed E-state index contributed by atoms with van der Waals surface area (Å²) in [6.45, 7) is 1.34. The first kappa shape index (κ1) is 27.3. The average Bonchev–Trinajstić information content (AvgIpc) is 3.64. The number of hydrogen-bond acceptors (Lipinski definition) is 14. The van der Waals surface area contributed by atoms with Crippen molar-refractivity contribution in [2.75, 3.05) is 0 Å². The van der Waals surface area contributed by atoms with Crippen LogP contribution >= 0.6 is 11.8 Å². The third-order valence-electron chi connectivity index (χ3n) is 7.57. The molecule has 0 aromatic carbocycles. The number of rotatable bonds is 6. The number of nitrogens with zero attached hydrogens (tertiary/aromatic N) is 5. The number of Topliss-reactive ketones (excluding diaryl/α,β-unsaturated/α-hetero) is 2. The molecule has 2 unspecified atom stereocenters. The molecule has 1 saturated heterocycles. The second kappa shape index (κ2) is 9.89. The minimum Gasteiger partial charge on any atom is -0.445 e. The van der Waals surface area contributed by atoms with E-state index >= 15 is 0 Å². The largest absolute Gasteiger partial charge is 0.445 e. The fourth-order valence-corrected chi connectivity index (χ4v) is 6.75. The quantitative estimate of drug-likeness (QED) is 0.179. The summed E-state index contributed by atoms with van der Waals surface area (Å²) in [5, 5.41) is 29.6. The fraction of sp³-hybridized carbons (Fsp3) is 0.417. The molecule has 41 heavy (non-hydrogen) atoms. The molecule has 9 N–H and O–H groups in total. The van der Waals surface area contributed by atoms with Crippen LogP contribution in [0.5, 0.6) is 0 Å². The van der Waals surface area contributed by atoms with Crippen LogP contribution in [0.3, 0.4) is 0 Å². The van der Waals surface area contributed by atoms with Gasteiger partial charge in [0.15, 0.2) is 11.9 Å². The molecule has 16 nitrogen and oxygen atoms in total. The highest BCUT2D eigenvalue weighted by molar-refractivity contribution is 7.99. The number of thioether (sulfide) groups is 1. The maximum Gasteiger partial charge on any atom is 0.404 e. The summed E-state index contributed by atoms with van der Waals surface area (Å²) in [7, 11) is 0. The molecule has 3 aliphatic rings. The molecule has 0 saturated carbocycles. The molecule has 0 radical (unpaired) electrons. The first-order valence-corrected chi connectivity index (χ1v) is 13.4. The van der Waals surface area contributed by atoms with Crippen LogP contribution < -0.4 is 17.2 Å². The maximum atomic E-state index is 13.3. The maximum absolute atomic E-state index is 13.3. The molecule has 1 fully saturated rings. The molecule has 1 aliphatic carbocycles. The van der Waals surface area contributed by atoms with Crippen LogP contribution in [-0.2, 0) is 29.2 Å². The molecule has 0 bridgehead atoms. The van der Waals surface area contributed by atoms with Crippen LogP contribution in [0, 0.1) is 0 Å². The Hall–Kier alpha value is -3.87. The minimum atomic E-state index is -1.52. The van der Waals surface area contributed by atoms with E-state index in [0.717, 1.165) is 0 Å².